The molecule has 2 rings (SSSR count). The molecular formula is C13H12N2O4S. The Hall–Kier alpha value is -2.28. The van der Waals surface area contributed by atoms with E-state index in [4.69, 9.17) is 10.5 Å². The summed E-state index contributed by atoms with van der Waals surface area (Å²) >= 11 is 0.901. The molecule has 1 aliphatic rings. The van der Waals surface area contributed by atoms with Gasteiger partial charge in [0.05, 0.1) is 4.91 Å². The van der Waals surface area contributed by atoms with Crippen molar-refractivity contribution < 1.29 is 19.1 Å². The van der Waals surface area contributed by atoms with Crippen LogP contribution in [0.15, 0.2) is 29.2 Å². The minimum absolute atomic E-state index is 0.186. The van der Waals surface area contributed by atoms with Crippen molar-refractivity contribution in [1.29, 1.82) is 0 Å². The Morgan fingerprint density at radius 3 is 2.50 bits per heavy atom. The minimum atomic E-state index is -0.550. The summed E-state index contributed by atoms with van der Waals surface area (Å²) in [4.78, 5) is 35.1. The first-order valence-corrected chi connectivity index (χ1v) is 6.52. The van der Waals surface area contributed by atoms with Crippen molar-refractivity contribution in [1.82, 2.24) is 4.90 Å². The zero-order valence-corrected chi connectivity index (χ0v) is 11.5. The van der Waals surface area contributed by atoms with Gasteiger partial charge >= 0.3 is 0 Å². The highest BCUT2D eigenvalue weighted by Crippen LogP contribution is 2.31. The molecule has 1 saturated heterocycles. The number of primary amides is 1. The second-order valence-electron chi connectivity index (χ2n) is 4.06. The summed E-state index contributed by atoms with van der Waals surface area (Å²) in [7, 11) is 1.44. The Bertz CT molecular complexity index is 595. The monoisotopic (exact) mass is 292 g/mol. The van der Waals surface area contributed by atoms with Gasteiger partial charge in [-0.1, -0.05) is 12.1 Å². The molecule has 1 heterocycles. The smallest absolute Gasteiger partial charge is 0.293 e. The number of ether oxygens (including phenoxy) is 1. The quantitative estimate of drug-likeness (QED) is 0.843. The topological polar surface area (TPSA) is 89.7 Å². The SMILES string of the molecule is CN1C(=O)S/C(=C/c2ccc(OCC(N)=O)cc2)C1=O. The zero-order valence-electron chi connectivity index (χ0n) is 10.7. The molecule has 1 aromatic carbocycles. The third-order valence-electron chi connectivity index (χ3n) is 2.55. The molecule has 0 atom stereocenters. The van der Waals surface area contributed by atoms with Gasteiger partial charge in [0.25, 0.3) is 17.1 Å². The standard InChI is InChI=1S/C13H12N2O4S/c1-15-12(17)10(20-13(15)18)6-8-2-4-9(5-3-8)19-7-11(14)16/h2-6H,7H2,1H3,(H2,14,16)/b10-6+. The van der Waals surface area contributed by atoms with Crippen molar-refractivity contribution in [3.8, 4) is 5.75 Å². The van der Waals surface area contributed by atoms with Gasteiger partial charge in [-0.05, 0) is 35.5 Å². The van der Waals surface area contributed by atoms with Crippen LogP contribution in [0.4, 0.5) is 4.79 Å². The molecule has 3 amide bonds. The summed E-state index contributed by atoms with van der Waals surface area (Å²) in [6.45, 7) is -0.186. The molecule has 0 aromatic heterocycles. The summed E-state index contributed by atoms with van der Waals surface area (Å²) in [5, 5.41) is -0.289. The lowest BCUT2D eigenvalue weighted by molar-refractivity contribution is -0.122. The number of carbonyl (C=O) groups excluding carboxylic acids is 3. The summed E-state index contributed by atoms with van der Waals surface area (Å²) in [6, 6.07) is 6.76. The molecule has 20 heavy (non-hydrogen) atoms. The lowest BCUT2D eigenvalue weighted by Crippen LogP contribution is -2.22. The molecule has 0 spiro atoms. The number of hydrogen-bond donors (Lipinski definition) is 1. The van der Waals surface area contributed by atoms with Crippen molar-refractivity contribution in [3.63, 3.8) is 0 Å². The van der Waals surface area contributed by atoms with Crippen LogP contribution in [0.1, 0.15) is 5.56 Å². The van der Waals surface area contributed by atoms with Crippen LogP contribution in [0.2, 0.25) is 0 Å². The van der Waals surface area contributed by atoms with Crippen LogP contribution in [-0.4, -0.2) is 35.6 Å². The first-order chi connectivity index (χ1) is 9.47. The van der Waals surface area contributed by atoms with Crippen molar-refractivity contribution in [2.45, 2.75) is 0 Å². The lowest BCUT2D eigenvalue weighted by atomic mass is 10.2. The highest BCUT2D eigenvalue weighted by molar-refractivity contribution is 8.18. The Morgan fingerprint density at radius 1 is 1.35 bits per heavy atom. The Kier molecular flexibility index (Phi) is 4.09. The van der Waals surface area contributed by atoms with Crippen LogP contribution < -0.4 is 10.5 Å². The fourth-order valence-electron chi connectivity index (χ4n) is 1.51. The molecule has 2 N–H and O–H groups in total. The number of nitrogens with two attached hydrogens (primary N) is 1. The van der Waals surface area contributed by atoms with Crippen molar-refractivity contribution in [2.75, 3.05) is 13.7 Å². The maximum absolute atomic E-state index is 11.7. The maximum atomic E-state index is 11.7. The van der Waals surface area contributed by atoms with E-state index in [1.54, 1.807) is 30.3 Å². The van der Waals surface area contributed by atoms with Crippen LogP contribution in [0.5, 0.6) is 5.75 Å². The molecule has 1 aromatic rings. The van der Waals surface area contributed by atoms with Gasteiger partial charge in [-0.3, -0.25) is 19.3 Å². The van der Waals surface area contributed by atoms with E-state index in [-0.39, 0.29) is 17.8 Å². The molecule has 0 bridgehead atoms. The van der Waals surface area contributed by atoms with Crippen molar-refractivity contribution >= 4 is 34.9 Å². The maximum Gasteiger partial charge on any atom is 0.293 e. The van der Waals surface area contributed by atoms with E-state index in [2.05, 4.69) is 0 Å². The van der Waals surface area contributed by atoms with Crippen LogP contribution in [0.25, 0.3) is 6.08 Å². The predicted octanol–water partition coefficient (Wildman–Crippen LogP) is 1.22. The Balaban J connectivity index is 2.09. The third-order valence-corrected chi connectivity index (χ3v) is 3.51. The summed E-state index contributed by atoms with van der Waals surface area (Å²) in [5.41, 5.74) is 5.73. The minimum Gasteiger partial charge on any atom is -0.484 e. The van der Waals surface area contributed by atoms with Gasteiger partial charge in [0.15, 0.2) is 6.61 Å². The first-order valence-electron chi connectivity index (χ1n) is 5.70. The number of nitrogens with zero attached hydrogens (tertiary/aromatic N) is 1. The van der Waals surface area contributed by atoms with Crippen LogP contribution in [-0.2, 0) is 9.59 Å². The number of imide groups is 1. The van der Waals surface area contributed by atoms with E-state index in [0.29, 0.717) is 10.7 Å². The predicted molar refractivity (Wildman–Crippen MR) is 74.9 cm³/mol. The molecule has 0 unspecified atom stereocenters. The molecule has 6 nitrogen and oxygen atoms in total. The summed E-state index contributed by atoms with van der Waals surface area (Å²) in [6.07, 6.45) is 1.63. The van der Waals surface area contributed by atoms with Gasteiger partial charge < -0.3 is 10.5 Å². The molecule has 7 heteroatoms. The van der Waals surface area contributed by atoms with Gasteiger partial charge in [0, 0.05) is 7.05 Å². The summed E-state index contributed by atoms with van der Waals surface area (Å²) in [5.74, 6) is -0.357. The summed E-state index contributed by atoms with van der Waals surface area (Å²) < 4.78 is 5.12. The van der Waals surface area contributed by atoms with E-state index in [1.807, 2.05) is 0 Å². The fraction of sp³-hybridized carbons (Fsp3) is 0.154. The number of hydrogen-bond acceptors (Lipinski definition) is 5. The van der Waals surface area contributed by atoms with Gasteiger partial charge in [0.1, 0.15) is 5.75 Å². The van der Waals surface area contributed by atoms with Gasteiger partial charge in [-0.2, -0.15) is 0 Å². The lowest BCUT2D eigenvalue weighted by Gasteiger charge is -2.04. The Morgan fingerprint density at radius 2 is 2.00 bits per heavy atom. The highest BCUT2D eigenvalue weighted by Gasteiger charge is 2.31. The number of thioether (sulfide) groups is 1. The molecular weight excluding hydrogens is 280 g/mol. The van der Waals surface area contributed by atoms with Gasteiger partial charge in [-0.15, -0.1) is 0 Å². The molecule has 0 radical (unpaired) electrons. The molecule has 0 saturated carbocycles. The number of rotatable bonds is 4. The van der Waals surface area contributed by atoms with Gasteiger partial charge in [-0.25, -0.2) is 0 Å². The third kappa shape index (κ3) is 3.18. The van der Waals surface area contributed by atoms with Crippen LogP contribution in [0, 0.1) is 0 Å². The van der Waals surface area contributed by atoms with E-state index in [9.17, 15) is 14.4 Å². The van der Waals surface area contributed by atoms with Crippen molar-refractivity contribution in [3.05, 3.63) is 34.7 Å². The second kappa shape index (κ2) is 5.79. The van der Waals surface area contributed by atoms with E-state index < -0.39 is 5.91 Å². The second-order valence-corrected chi connectivity index (χ2v) is 5.06. The molecule has 104 valence electrons. The number of amides is 3. The largest absolute Gasteiger partial charge is 0.484 e. The first kappa shape index (κ1) is 14.1. The molecule has 1 fully saturated rings. The van der Waals surface area contributed by atoms with E-state index >= 15 is 0 Å². The zero-order chi connectivity index (χ0) is 14.7. The normalized spacial score (nSPS) is 16.9. The molecule has 0 aliphatic carbocycles. The average Bonchev–Trinajstić information content (AvgIpc) is 2.65. The van der Waals surface area contributed by atoms with E-state index in [0.717, 1.165) is 22.2 Å². The highest BCUT2D eigenvalue weighted by atomic mass is 32.2. The Labute approximate surface area is 119 Å². The average molecular weight is 292 g/mol. The number of likely N-dealkylation sites (N-methyl/N-ethyl adjacent to an activating group) is 1. The van der Waals surface area contributed by atoms with Crippen LogP contribution >= 0.6 is 11.8 Å². The fourth-order valence-corrected chi connectivity index (χ4v) is 2.34. The molecule has 1 aliphatic heterocycles. The van der Waals surface area contributed by atoms with Crippen LogP contribution in [0.3, 0.4) is 0 Å². The van der Waals surface area contributed by atoms with Crippen molar-refractivity contribution in [2.24, 2.45) is 5.73 Å². The van der Waals surface area contributed by atoms with E-state index in [1.165, 1.54) is 7.05 Å². The number of benzene rings is 1. The van der Waals surface area contributed by atoms with Gasteiger partial charge in [0.2, 0.25) is 0 Å². The number of carbonyl (C=O) groups is 3.